The normalized spacial score (nSPS) is 28.8. The Morgan fingerprint density at radius 2 is 1.63 bits per heavy atom. The minimum atomic E-state index is 0.714. The number of rotatable bonds is 3. The highest BCUT2D eigenvalue weighted by molar-refractivity contribution is 5.14. The molecular formula is C17H26N2. The summed E-state index contributed by atoms with van der Waals surface area (Å²) in [5, 5.41) is 0. The Labute approximate surface area is 117 Å². The predicted octanol–water partition coefficient (Wildman–Crippen LogP) is 2.85. The molecule has 0 amide bonds. The summed E-state index contributed by atoms with van der Waals surface area (Å²) < 4.78 is 0. The quantitative estimate of drug-likeness (QED) is 0.822. The zero-order chi connectivity index (χ0) is 13.2. The van der Waals surface area contributed by atoms with E-state index in [2.05, 4.69) is 54.0 Å². The average molecular weight is 258 g/mol. The van der Waals surface area contributed by atoms with Gasteiger partial charge in [0, 0.05) is 38.8 Å². The minimum absolute atomic E-state index is 0.714. The van der Waals surface area contributed by atoms with Gasteiger partial charge in [-0.1, -0.05) is 30.3 Å². The lowest BCUT2D eigenvalue weighted by Crippen LogP contribution is -2.53. The fourth-order valence-electron chi connectivity index (χ4n) is 3.82. The van der Waals surface area contributed by atoms with E-state index in [1.54, 1.807) is 0 Å². The van der Waals surface area contributed by atoms with E-state index in [0.717, 1.165) is 18.4 Å². The van der Waals surface area contributed by atoms with Gasteiger partial charge in [-0.25, -0.2) is 0 Å². The summed E-state index contributed by atoms with van der Waals surface area (Å²) in [4.78, 5) is 5.35. The van der Waals surface area contributed by atoms with Crippen molar-refractivity contribution in [3.05, 3.63) is 35.9 Å². The van der Waals surface area contributed by atoms with E-state index in [1.807, 2.05) is 0 Å². The monoisotopic (exact) mass is 258 g/mol. The third-order valence-electron chi connectivity index (χ3n) is 4.66. The van der Waals surface area contributed by atoms with Crippen LogP contribution in [-0.2, 0) is 6.54 Å². The molecular weight excluding hydrogens is 232 g/mol. The SMILES string of the molecule is CC(C)N1C[C@H]2C[C@@H](CN(Cc3ccccc3)C2)C1. The maximum absolute atomic E-state index is 2.68. The molecule has 0 radical (unpaired) electrons. The van der Waals surface area contributed by atoms with Gasteiger partial charge in [0.05, 0.1) is 0 Å². The summed E-state index contributed by atoms with van der Waals surface area (Å²) in [6.45, 7) is 11.0. The van der Waals surface area contributed by atoms with Crippen molar-refractivity contribution in [2.24, 2.45) is 11.8 Å². The van der Waals surface area contributed by atoms with E-state index in [0.29, 0.717) is 6.04 Å². The third-order valence-corrected chi connectivity index (χ3v) is 4.66. The summed E-state index contributed by atoms with van der Waals surface area (Å²) in [5.41, 5.74) is 1.46. The lowest BCUT2D eigenvalue weighted by molar-refractivity contribution is 0.0144. The van der Waals surface area contributed by atoms with E-state index in [4.69, 9.17) is 0 Å². The van der Waals surface area contributed by atoms with Gasteiger partial charge >= 0.3 is 0 Å². The van der Waals surface area contributed by atoms with Crippen LogP contribution in [0.3, 0.4) is 0 Å². The van der Waals surface area contributed by atoms with Crippen molar-refractivity contribution in [1.82, 2.24) is 9.80 Å². The Morgan fingerprint density at radius 3 is 2.21 bits per heavy atom. The van der Waals surface area contributed by atoms with Crippen molar-refractivity contribution in [3.63, 3.8) is 0 Å². The van der Waals surface area contributed by atoms with Crippen LogP contribution in [0.25, 0.3) is 0 Å². The molecule has 2 fully saturated rings. The highest BCUT2D eigenvalue weighted by Gasteiger charge is 2.34. The van der Waals surface area contributed by atoms with E-state index in [-0.39, 0.29) is 0 Å². The third kappa shape index (κ3) is 3.18. The maximum atomic E-state index is 2.68. The van der Waals surface area contributed by atoms with Gasteiger partial charge in [0.2, 0.25) is 0 Å². The maximum Gasteiger partial charge on any atom is 0.0233 e. The fourth-order valence-corrected chi connectivity index (χ4v) is 3.82. The first-order chi connectivity index (χ1) is 9.20. The number of benzene rings is 1. The van der Waals surface area contributed by atoms with Crippen LogP contribution in [0.4, 0.5) is 0 Å². The number of hydrogen-bond acceptors (Lipinski definition) is 2. The molecule has 1 aromatic carbocycles. The van der Waals surface area contributed by atoms with E-state index < -0.39 is 0 Å². The molecule has 19 heavy (non-hydrogen) atoms. The number of hydrogen-bond donors (Lipinski definition) is 0. The number of likely N-dealkylation sites (tertiary alicyclic amines) is 2. The molecule has 3 rings (SSSR count). The van der Waals surface area contributed by atoms with E-state index >= 15 is 0 Å². The summed E-state index contributed by atoms with van der Waals surface area (Å²) in [6.07, 6.45) is 1.45. The van der Waals surface area contributed by atoms with E-state index in [9.17, 15) is 0 Å². The van der Waals surface area contributed by atoms with Crippen LogP contribution in [0.2, 0.25) is 0 Å². The van der Waals surface area contributed by atoms with Crippen molar-refractivity contribution in [3.8, 4) is 0 Å². The number of nitrogens with zero attached hydrogens (tertiary/aromatic N) is 2. The zero-order valence-corrected chi connectivity index (χ0v) is 12.3. The summed E-state index contributed by atoms with van der Waals surface area (Å²) in [7, 11) is 0. The number of fused-ring (bicyclic) bond motifs is 2. The van der Waals surface area contributed by atoms with Crippen LogP contribution in [0, 0.1) is 11.8 Å². The molecule has 0 unspecified atom stereocenters. The zero-order valence-electron chi connectivity index (χ0n) is 12.3. The molecule has 2 atom stereocenters. The molecule has 0 N–H and O–H groups in total. The molecule has 2 aliphatic rings. The second-order valence-corrected chi connectivity index (χ2v) is 6.70. The van der Waals surface area contributed by atoms with Crippen LogP contribution in [0.15, 0.2) is 30.3 Å². The van der Waals surface area contributed by atoms with Crippen molar-refractivity contribution >= 4 is 0 Å². The Bertz CT molecular complexity index is 387. The summed E-state index contributed by atoms with van der Waals surface area (Å²) in [6, 6.07) is 11.6. The molecule has 0 saturated carbocycles. The molecule has 2 bridgehead atoms. The highest BCUT2D eigenvalue weighted by atomic mass is 15.2. The van der Waals surface area contributed by atoms with Crippen LogP contribution >= 0.6 is 0 Å². The van der Waals surface area contributed by atoms with Crippen LogP contribution in [-0.4, -0.2) is 42.0 Å². The molecule has 0 spiro atoms. The topological polar surface area (TPSA) is 6.48 Å². The van der Waals surface area contributed by atoms with Gasteiger partial charge in [-0.15, -0.1) is 0 Å². The lowest BCUT2D eigenvalue weighted by atomic mass is 9.84. The van der Waals surface area contributed by atoms with Crippen LogP contribution in [0.1, 0.15) is 25.8 Å². The highest BCUT2D eigenvalue weighted by Crippen LogP contribution is 2.30. The molecule has 104 valence electrons. The van der Waals surface area contributed by atoms with Crippen LogP contribution in [0.5, 0.6) is 0 Å². The molecule has 2 saturated heterocycles. The molecule has 0 aliphatic carbocycles. The van der Waals surface area contributed by atoms with Gasteiger partial charge in [0.15, 0.2) is 0 Å². The smallest absolute Gasteiger partial charge is 0.0233 e. The van der Waals surface area contributed by atoms with Gasteiger partial charge in [-0.2, -0.15) is 0 Å². The van der Waals surface area contributed by atoms with E-state index in [1.165, 1.54) is 38.2 Å². The second kappa shape index (κ2) is 5.64. The Kier molecular flexibility index (Phi) is 3.90. The average Bonchev–Trinajstić information content (AvgIpc) is 2.38. The van der Waals surface area contributed by atoms with Crippen molar-refractivity contribution in [2.45, 2.75) is 32.9 Å². The minimum Gasteiger partial charge on any atom is -0.300 e. The van der Waals surface area contributed by atoms with Crippen molar-refractivity contribution in [2.75, 3.05) is 26.2 Å². The predicted molar refractivity (Wildman–Crippen MR) is 80.0 cm³/mol. The standard InChI is InChI=1S/C17H26N2/c1-14(2)19-12-16-8-17(13-19)11-18(10-16)9-15-6-4-3-5-7-15/h3-7,14,16-17H,8-13H2,1-2H3/t16-,17-/m0/s1. The summed E-state index contributed by atoms with van der Waals surface area (Å²) in [5.74, 6) is 1.78. The Morgan fingerprint density at radius 1 is 1.00 bits per heavy atom. The molecule has 1 aromatic rings. The molecule has 2 heterocycles. The Balaban J connectivity index is 1.60. The molecule has 0 aromatic heterocycles. The first-order valence-electron chi connectivity index (χ1n) is 7.71. The molecule has 2 aliphatic heterocycles. The lowest BCUT2D eigenvalue weighted by Gasteiger charge is -2.47. The molecule has 2 heteroatoms. The largest absolute Gasteiger partial charge is 0.300 e. The van der Waals surface area contributed by atoms with Crippen molar-refractivity contribution < 1.29 is 0 Å². The van der Waals surface area contributed by atoms with Gasteiger partial charge < -0.3 is 4.90 Å². The first kappa shape index (κ1) is 13.1. The van der Waals surface area contributed by atoms with Crippen LogP contribution < -0.4 is 0 Å². The van der Waals surface area contributed by atoms with Gasteiger partial charge in [0.25, 0.3) is 0 Å². The fraction of sp³-hybridized carbons (Fsp3) is 0.647. The summed E-state index contributed by atoms with van der Waals surface area (Å²) >= 11 is 0. The van der Waals surface area contributed by atoms with Gasteiger partial charge in [0.1, 0.15) is 0 Å². The second-order valence-electron chi connectivity index (χ2n) is 6.70. The van der Waals surface area contributed by atoms with Gasteiger partial charge in [-0.3, -0.25) is 4.90 Å². The first-order valence-corrected chi connectivity index (χ1v) is 7.71. The number of piperidine rings is 2. The Hall–Kier alpha value is -0.860. The molecule has 2 nitrogen and oxygen atoms in total. The van der Waals surface area contributed by atoms with Gasteiger partial charge in [-0.05, 0) is 37.7 Å². The van der Waals surface area contributed by atoms with Crippen molar-refractivity contribution in [1.29, 1.82) is 0 Å².